The van der Waals surface area contributed by atoms with Crippen LogP contribution in [0.4, 0.5) is 9.93 Å². The van der Waals surface area contributed by atoms with E-state index in [9.17, 15) is 13.2 Å². The summed E-state index contributed by atoms with van der Waals surface area (Å²) in [4.78, 5) is 21.0. The summed E-state index contributed by atoms with van der Waals surface area (Å²) in [5.74, 6) is 0.149. The second-order valence-corrected chi connectivity index (χ2v) is 13.1. The van der Waals surface area contributed by atoms with Crippen LogP contribution in [-0.2, 0) is 16.6 Å². The predicted molar refractivity (Wildman–Crippen MR) is 133 cm³/mol. The third-order valence-corrected chi connectivity index (χ3v) is 10.2. The maximum Gasteiger partial charge on any atom is 0.324 e. The number of hydrogen-bond acceptors (Lipinski definition) is 6. The number of anilines is 1. The summed E-state index contributed by atoms with van der Waals surface area (Å²) in [6.07, 6.45) is 14.5. The van der Waals surface area contributed by atoms with Crippen molar-refractivity contribution in [3.05, 3.63) is 11.1 Å². The van der Waals surface area contributed by atoms with Gasteiger partial charge in [0.25, 0.3) is 0 Å². The lowest BCUT2D eigenvalue weighted by atomic mass is 9.89. The van der Waals surface area contributed by atoms with Crippen LogP contribution in [0.5, 0.6) is 0 Å². The quantitative estimate of drug-likeness (QED) is 0.562. The number of carbonyl (C=O) groups is 1. The lowest BCUT2D eigenvalue weighted by Crippen LogP contribution is -2.50. The van der Waals surface area contributed by atoms with Crippen molar-refractivity contribution in [1.29, 1.82) is 0 Å². The number of urea groups is 1. The Kier molecular flexibility index (Phi) is 8.64. The molecule has 0 radical (unpaired) electrons. The standard InChI is InChI=1S/C23H39N5O3S2/c1-2-33(30,31)27-14-13-18(17-27)24-15-21-16-25-22(32-21)26-23(29)28(19-9-5-3-6-10-19)20-11-7-4-8-12-20/h16,18-20,24H,2-15,17H2,1H3,(H,25,26,29). The Bertz CT molecular complexity index is 860. The minimum absolute atomic E-state index is 0.0128. The molecule has 186 valence electrons. The van der Waals surface area contributed by atoms with Gasteiger partial charge < -0.3 is 10.2 Å². The first-order valence-electron chi connectivity index (χ1n) is 12.7. The van der Waals surface area contributed by atoms with Crippen molar-refractivity contribution in [3.8, 4) is 0 Å². The minimum Gasteiger partial charge on any atom is -0.319 e. The van der Waals surface area contributed by atoms with Gasteiger partial charge in [-0.2, -0.15) is 0 Å². The van der Waals surface area contributed by atoms with Crippen LogP contribution in [0.3, 0.4) is 0 Å². The summed E-state index contributed by atoms with van der Waals surface area (Å²) in [5.41, 5.74) is 0. The smallest absolute Gasteiger partial charge is 0.319 e. The highest BCUT2D eigenvalue weighted by Gasteiger charge is 2.33. The summed E-state index contributed by atoms with van der Waals surface area (Å²) in [6, 6.07) is 0.874. The first-order chi connectivity index (χ1) is 16.0. The second-order valence-electron chi connectivity index (χ2n) is 9.68. The van der Waals surface area contributed by atoms with E-state index in [2.05, 4.69) is 20.5 Å². The van der Waals surface area contributed by atoms with Gasteiger partial charge in [-0.15, -0.1) is 11.3 Å². The molecule has 1 aliphatic heterocycles. The number of thiazole rings is 1. The monoisotopic (exact) mass is 497 g/mol. The van der Waals surface area contributed by atoms with Gasteiger partial charge in [0, 0.05) is 48.8 Å². The Labute approximate surface area is 202 Å². The highest BCUT2D eigenvalue weighted by atomic mass is 32.2. The highest BCUT2D eigenvalue weighted by molar-refractivity contribution is 7.89. The molecule has 2 N–H and O–H groups in total. The van der Waals surface area contributed by atoms with E-state index in [1.165, 1.54) is 49.9 Å². The van der Waals surface area contributed by atoms with Crippen molar-refractivity contribution in [3.63, 3.8) is 0 Å². The average Bonchev–Trinajstić information content (AvgIpc) is 3.49. The minimum atomic E-state index is -3.12. The van der Waals surface area contributed by atoms with Crippen molar-refractivity contribution in [2.45, 2.75) is 102 Å². The van der Waals surface area contributed by atoms with Crippen LogP contribution < -0.4 is 10.6 Å². The zero-order valence-electron chi connectivity index (χ0n) is 19.8. The molecule has 2 amide bonds. The summed E-state index contributed by atoms with van der Waals surface area (Å²) < 4.78 is 25.7. The van der Waals surface area contributed by atoms with Crippen LogP contribution in [0.2, 0.25) is 0 Å². The van der Waals surface area contributed by atoms with Gasteiger partial charge in [-0.25, -0.2) is 22.5 Å². The largest absolute Gasteiger partial charge is 0.324 e. The van der Waals surface area contributed by atoms with Gasteiger partial charge in [0.2, 0.25) is 10.0 Å². The fourth-order valence-electron chi connectivity index (χ4n) is 5.53. The molecule has 2 aliphatic carbocycles. The van der Waals surface area contributed by atoms with Crippen LogP contribution in [0, 0.1) is 0 Å². The molecule has 8 nitrogen and oxygen atoms in total. The summed E-state index contributed by atoms with van der Waals surface area (Å²) >= 11 is 1.50. The molecule has 10 heteroatoms. The fraction of sp³-hybridized carbons (Fsp3) is 0.826. The predicted octanol–water partition coefficient (Wildman–Crippen LogP) is 4.16. The molecule has 1 aromatic rings. The molecule has 2 heterocycles. The van der Waals surface area contributed by atoms with E-state index in [4.69, 9.17) is 0 Å². The molecule has 1 atom stereocenters. The van der Waals surface area contributed by atoms with E-state index in [1.807, 2.05) is 6.20 Å². The van der Waals surface area contributed by atoms with Gasteiger partial charge in [0.1, 0.15) is 0 Å². The number of hydrogen-bond donors (Lipinski definition) is 2. The normalized spacial score (nSPS) is 23.6. The lowest BCUT2D eigenvalue weighted by Gasteiger charge is -2.41. The zero-order valence-corrected chi connectivity index (χ0v) is 21.4. The number of nitrogens with one attached hydrogen (secondary N) is 2. The van der Waals surface area contributed by atoms with E-state index in [0.29, 0.717) is 36.8 Å². The second kappa shape index (κ2) is 11.5. The molecule has 0 bridgehead atoms. The molecule has 0 spiro atoms. The zero-order chi connectivity index (χ0) is 23.3. The van der Waals surface area contributed by atoms with Crippen molar-refractivity contribution in [2.75, 3.05) is 24.2 Å². The van der Waals surface area contributed by atoms with E-state index in [0.717, 1.165) is 37.0 Å². The molecule has 1 saturated heterocycles. The maximum atomic E-state index is 13.3. The van der Waals surface area contributed by atoms with Crippen molar-refractivity contribution >= 4 is 32.5 Å². The molecule has 33 heavy (non-hydrogen) atoms. The molecule has 3 aliphatic rings. The number of nitrogens with zero attached hydrogens (tertiary/aromatic N) is 3. The number of aromatic nitrogens is 1. The van der Waals surface area contributed by atoms with Crippen molar-refractivity contribution < 1.29 is 13.2 Å². The third kappa shape index (κ3) is 6.46. The molecule has 2 saturated carbocycles. The Morgan fingerprint density at radius 1 is 1.09 bits per heavy atom. The summed E-state index contributed by atoms with van der Waals surface area (Å²) in [7, 11) is -3.12. The number of rotatable bonds is 8. The van der Waals surface area contributed by atoms with Crippen molar-refractivity contribution in [1.82, 2.24) is 19.5 Å². The van der Waals surface area contributed by atoms with Crippen LogP contribution in [0.1, 0.15) is 82.4 Å². The molecular weight excluding hydrogens is 458 g/mol. The molecular formula is C23H39N5O3S2. The molecule has 4 rings (SSSR count). The fourth-order valence-corrected chi connectivity index (χ4v) is 7.44. The highest BCUT2D eigenvalue weighted by Crippen LogP contribution is 2.31. The van der Waals surface area contributed by atoms with E-state index >= 15 is 0 Å². The van der Waals surface area contributed by atoms with E-state index < -0.39 is 10.0 Å². The van der Waals surface area contributed by atoms with Gasteiger partial charge >= 0.3 is 6.03 Å². The Hall–Kier alpha value is -1.23. The van der Waals surface area contributed by atoms with Gasteiger partial charge in [0.05, 0.1) is 5.75 Å². The number of amides is 2. The van der Waals surface area contributed by atoms with Gasteiger partial charge in [-0.3, -0.25) is 5.32 Å². The molecule has 1 unspecified atom stereocenters. The van der Waals surface area contributed by atoms with E-state index in [-0.39, 0.29) is 17.8 Å². The van der Waals surface area contributed by atoms with Crippen LogP contribution >= 0.6 is 11.3 Å². The Morgan fingerprint density at radius 2 is 1.73 bits per heavy atom. The van der Waals surface area contributed by atoms with Crippen LogP contribution in [-0.4, -0.2) is 65.6 Å². The Balaban J connectivity index is 1.31. The maximum absolute atomic E-state index is 13.3. The van der Waals surface area contributed by atoms with Gasteiger partial charge in [-0.05, 0) is 39.0 Å². The SMILES string of the molecule is CCS(=O)(=O)N1CCC(NCc2cnc(NC(=O)N(C3CCCCC3)C3CCCCC3)s2)C1. The first-order valence-corrected chi connectivity index (χ1v) is 15.1. The van der Waals surface area contributed by atoms with Gasteiger partial charge in [0.15, 0.2) is 5.13 Å². The topological polar surface area (TPSA) is 94.6 Å². The van der Waals surface area contributed by atoms with Crippen LogP contribution in [0.15, 0.2) is 6.20 Å². The summed E-state index contributed by atoms with van der Waals surface area (Å²) in [6.45, 7) is 3.42. The molecule has 1 aromatic heterocycles. The first kappa shape index (κ1) is 24.9. The third-order valence-electron chi connectivity index (χ3n) is 7.41. The average molecular weight is 498 g/mol. The number of sulfonamides is 1. The lowest BCUT2D eigenvalue weighted by molar-refractivity contribution is 0.114. The van der Waals surface area contributed by atoms with Gasteiger partial charge in [-0.1, -0.05) is 38.5 Å². The summed E-state index contributed by atoms with van der Waals surface area (Å²) in [5, 5.41) is 7.20. The van der Waals surface area contributed by atoms with Crippen molar-refractivity contribution in [2.24, 2.45) is 0 Å². The van der Waals surface area contributed by atoms with Crippen LogP contribution in [0.25, 0.3) is 0 Å². The molecule has 0 aromatic carbocycles. The molecule has 3 fully saturated rings. The van der Waals surface area contributed by atoms with E-state index in [1.54, 1.807) is 11.2 Å². The number of carbonyl (C=O) groups excluding carboxylic acids is 1. The Morgan fingerprint density at radius 3 is 2.33 bits per heavy atom.